The lowest BCUT2D eigenvalue weighted by Crippen LogP contribution is -2.15. The molecule has 5 nitrogen and oxygen atoms in total. The molecule has 0 aliphatic heterocycles. The second kappa shape index (κ2) is 6.00. The van der Waals surface area contributed by atoms with E-state index in [-0.39, 0.29) is 0 Å². The zero-order valence-corrected chi connectivity index (χ0v) is 11.2. The topological polar surface area (TPSA) is 83.8 Å². The molecule has 1 aromatic rings. The van der Waals surface area contributed by atoms with Gasteiger partial charge in [-0.1, -0.05) is 12.1 Å². The molecular weight excluding hydrogens is 244 g/mol. The van der Waals surface area contributed by atoms with Crippen molar-refractivity contribution in [3.63, 3.8) is 0 Å². The number of ether oxygens (including phenoxy) is 1. The van der Waals surface area contributed by atoms with Crippen LogP contribution >= 0.6 is 0 Å². The van der Waals surface area contributed by atoms with Crippen molar-refractivity contribution in [1.29, 1.82) is 0 Å². The fourth-order valence-electron chi connectivity index (χ4n) is 1.00. The number of benzene rings is 1. The summed E-state index contributed by atoms with van der Waals surface area (Å²) in [6, 6.07) is 7.43. The summed E-state index contributed by atoms with van der Waals surface area (Å²) in [5, 5.41) is 9.65. The molecule has 0 atom stereocenters. The van der Waals surface area contributed by atoms with Gasteiger partial charge in [-0.2, -0.15) is 8.42 Å². The van der Waals surface area contributed by atoms with Crippen LogP contribution in [0.25, 0.3) is 0 Å². The molecule has 1 aromatic carbocycles. The first-order valence-corrected chi connectivity index (χ1v) is 6.68. The van der Waals surface area contributed by atoms with Gasteiger partial charge in [-0.25, -0.2) is 0 Å². The van der Waals surface area contributed by atoms with Crippen molar-refractivity contribution in [2.75, 3.05) is 13.4 Å². The van der Waals surface area contributed by atoms with Gasteiger partial charge in [0.1, 0.15) is 5.75 Å². The molecule has 6 heteroatoms. The lowest BCUT2D eigenvalue weighted by atomic mass is 9.98. The molecule has 0 unspecified atom stereocenters. The Morgan fingerprint density at radius 1 is 1.29 bits per heavy atom. The average Bonchev–Trinajstić information content (AvgIpc) is 2.14. The minimum atomic E-state index is -3.67. The van der Waals surface area contributed by atoms with Crippen molar-refractivity contribution < 1.29 is 22.8 Å². The maximum atomic E-state index is 9.65. The zero-order chi connectivity index (χ0) is 13.7. The van der Waals surface area contributed by atoms with E-state index in [1.165, 1.54) is 0 Å². The van der Waals surface area contributed by atoms with Crippen molar-refractivity contribution in [2.24, 2.45) is 0 Å². The maximum Gasteiger partial charge on any atom is 0.261 e. The molecule has 98 valence electrons. The molecule has 17 heavy (non-hydrogen) atoms. The van der Waals surface area contributed by atoms with E-state index in [0.29, 0.717) is 6.26 Å². The van der Waals surface area contributed by atoms with E-state index in [2.05, 4.69) is 0 Å². The second-order valence-electron chi connectivity index (χ2n) is 4.02. The number of aliphatic hydroxyl groups is 1. The molecule has 0 amide bonds. The van der Waals surface area contributed by atoms with Crippen LogP contribution in [0.15, 0.2) is 24.3 Å². The third kappa shape index (κ3) is 8.67. The Hall–Kier alpha value is -1.11. The van der Waals surface area contributed by atoms with Crippen LogP contribution in [0.1, 0.15) is 19.4 Å². The lowest BCUT2D eigenvalue weighted by Gasteiger charge is -2.17. The van der Waals surface area contributed by atoms with Crippen molar-refractivity contribution >= 4 is 10.1 Å². The summed E-state index contributed by atoms with van der Waals surface area (Å²) in [5.74, 6) is 0.773. The first kappa shape index (κ1) is 15.9. The maximum absolute atomic E-state index is 9.65. The SMILES string of the molecule is COc1cccc(C(C)(C)O)c1.CS(=O)(=O)O. The quantitative estimate of drug-likeness (QED) is 0.788. The first-order valence-electron chi connectivity index (χ1n) is 4.83. The Labute approximate surface area is 102 Å². The van der Waals surface area contributed by atoms with E-state index in [1.807, 2.05) is 24.3 Å². The smallest absolute Gasteiger partial charge is 0.261 e. The van der Waals surface area contributed by atoms with Gasteiger partial charge in [-0.15, -0.1) is 0 Å². The van der Waals surface area contributed by atoms with E-state index >= 15 is 0 Å². The molecule has 0 heterocycles. The number of rotatable bonds is 2. The molecule has 2 N–H and O–H groups in total. The van der Waals surface area contributed by atoms with E-state index < -0.39 is 15.7 Å². The highest BCUT2D eigenvalue weighted by Gasteiger charge is 2.15. The van der Waals surface area contributed by atoms with Crippen LogP contribution in [-0.4, -0.2) is 31.4 Å². The Kier molecular flexibility index (Phi) is 5.60. The summed E-state index contributed by atoms with van der Waals surface area (Å²) < 4.78 is 30.9. The fraction of sp³-hybridized carbons (Fsp3) is 0.455. The lowest BCUT2D eigenvalue weighted by molar-refractivity contribution is 0.0783. The molecule has 1 rings (SSSR count). The zero-order valence-electron chi connectivity index (χ0n) is 10.3. The molecule has 0 aromatic heterocycles. The summed E-state index contributed by atoms with van der Waals surface area (Å²) in [7, 11) is -2.05. The molecule has 0 saturated carbocycles. The Morgan fingerprint density at radius 2 is 1.76 bits per heavy atom. The van der Waals surface area contributed by atoms with E-state index in [9.17, 15) is 13.5 Å². The summed E-state index contributed by atoms with van der Waals surface area (Å²) in [6.45, 7) is 3.50. The Morgan fingerprint density at radius 3 is 2.12 bits per heavy atom. The van der Waals surface area contributed by atoms with Gasteiger partial charge in [-0.05, 0) is 31.5 Å². The van der Waals surface area contributed by atoms with Gasteiger partial charge in [0.25, 0.3) is 10.1 Å². The molecular formula is C11H18O5S. The van der Waals surface area contributed by atoms with Gasteiger partial charge >= 0.3 is 0 Å². The highest BCUT2D eigenvalue weighted by atomic mass is 32.2. The molecule has 0 fully saturated rings. The molecule has 0 saturated heterocycles. The second-order valence-corrected chi connectivity index (χ2v) is 5.49. The van der Waals surface area contributed by atoms with Gasteiger partial charge < -0.3 is 9.84 Å². The van der Waals surface area contributed by atoms with Gasteiger partial charge in [0.2, 0.25) is 0 Å². The van der Waals surface area contributed by atoms with Crippen LogP contribution in [0.3, 0.4) is 0 Å². The summed E-state index contributed by atoms with van der Waals surface area (Å²) in [5.41, 5.74) is 0.0657. The Balaban J connectivity index is 0.000000437. The van der Waals surface area contributed by atoms with Crippen molar-refractivity contribution in [2.45, 2.75) is 19.4 Å². The molecule has 0 aliphatic rings. The predicted octanol–water partition coefficient (Wildman–Crippen LogP) is 1.43. The normalized spacial score (nSPS) is 11.4. The van der Waals surface area contributed by atoms with E-state index in [4.69, 9.17) is 9.29 Å². The average molecular weight is 262 g/mol. The minimum Gasteiger partial charge on any atom is -0.497 e. The fourth-order valence-corrected chi connectivity index (χ4v) is 1.00. The van der Waals surface area contributed by atoms with Crippen molar-refractivity contribution in [3.8, 4) is 5.75 Å². The van der Waals surface area contributed by atoms with Crippen LogP contribution in [0.2, 0.25) is 0 Å². The first-order chi connectivity index (χ1) is 7.54. The highest BCUT2D eigenvalue weighted by Crippen LogP contribution is 2.23. The highest BCUT2D eigenvalue weighted by molar-refractivity contribution is 7.85. The molecule has 0 radical (unpaired) electrons. The Bertz CT molecular complexity index is 437. The number of hydrogen-bond acceptors (Lipinski definition) is 4. The van der Waals surface area contributed by atoms with Gasteiger partial charge in [-0.3, -0.25) is 4.55 Å². The van der Waals surface area contributed by atoms with Crippen LogP contribution in [0.5, 0.6) is 5.75 Å². The van der Waals surface area contributed by atoms with Gasteiger partial charge in [0.15, 0.2) is 0 Å². The number of methoxy groups -OCH3 is 1. The summed E-state index contributed by atoms with van der Waals surface area (Å²) >= 11 is 0. The van der Waals surface area contributed by atoms with Crippen LogP contribution in [0.4, 0.5) is 0 Å². The standard InChI is InChI=1S/C10H14O2.CH4O3S/c1-10(2,11)8-5-4-6-9(7-8)12-3;1-5(2,3)4/h4-7,11H,1-3H3;1H3,(H,2,3,4). The summed E-state index contributed by atoms with van der Waals surface area (Å²) in [4.78, 5) is 0. The van der Waals surface area contributed by atoms with Crippen molar-refractivity contribution in [1.82, 2.24) is 0 Å². The molecule has 0 spiro atoms. The van der Waals surface area contributed by atoms with Crippen LogP contribution in [-0.2, 0) is 15.7 Å². The summed E-state index contributed by atoms with van der Waals surface area (Å²) in [6.07, 6.45) is 0.715. The molecule has 0 bridgehead atoms. The monoisotopic (exact) mass is 262 g/mol. The van der Waals surface area contributed by atoms with Crippen LogP contribution < -0.4 is 4.74 Å². The third-order valence-electron chi connectivity index (χ3n) is 1.78. The molecule has 0 aliphatic carbocycles. The predicted molar refractivity (Wildman–Crippen MR) is 65.7 cm³/mol. The third-order valence-corrected chi connectivity index (χ3v) is 1.78. The van der Waals surface area contributed by atoms with E-state index in [0.717, 1.165) is 11.3 Å². The van der Waals surface area contributed by atoms with Crippen molar-refractivity contribution in [3.05, 3.63) is 29.8 Å². The largest absolute Gasteiger partial charge is 0.497 e. The van der Waals surface area contributed by atoms with Crippen LogP contribution in [0, 0.1) is 0 Å². The van der Waals surface area contributed by atoms with Gasteiger partial charge in [0.05, 0.1) is 19.0 Å². The number of hydrogen-bond donors (Lipinski definition) is 2. The van der Waals surface area contributed by atoms with E-state index in [1.54, 1.807) is 21.0 Å². The minimum absolute atomic E-state index is 0.715. The van der Waals surface area contributed by atoms with Gasteiger partial charge in [0, 0.05) is 0 Å².